The average Bonchev–Trinajstić information content (AvgIpc) is 1.69. The number of fused-ring (bicyclic) bond motifs is 4. The van der Waals surface area contributed by atoms with Crippen molar-refractivity contribution in [1.29, 1.82) is 0 Å². The van der Waals surface area contributed by atoms with Crippen LogP contribution < -0.4 is 87.6 Å². The lowest BCUT2D eigenvalue weighted by atomic mass is 9.99. The molecule has 26 N–H and O–H groups in total. The Bertz CT molecular complexity index is 4800. The molecule has 3 fully saturated rings. The Hall–Kier alpha value is -12.3. The number of nitrogens with zero attached hydrogens (tertiary/aromatic N) is 5. The number of phenolic OH excluding ortho intramolecular Hbond substituents is 1. The van der Waals surface area contributed by atoms with Gasteiger partial charge in [-0.15, -0.1) is 11.8 Å². The Morgan fingerprint density at radius 3 is 1.59 bits per heavy atom. The number of aromatic nitrogens is 2. The number of unbranched alkanes of at least 4 members (excludes halogenated alkanes) is 2. The van der Waals surface area contributed by atoms with Gasteiger partial charge in [-0.25, -0.2) is 0 Å². The maximum absolute atomic E-state index is 15.7. The first-order valence-corrected chi connectivity index (χ1v) is 44.6. The fourth-order valence-corrected chi connectivity index (χ4v) is 16.8. The van der Waals surface area contributed by atoms with Gasteiger partial charge >= 0.3 is 0 Å². The molecule has 3 aliphatic rings. The molecular weight excluding hydrogens is 1690 g/mol. The number of carbonyl (C=O) groups is 17. The molecule has 3 aromatic carbocycles. The highest BCUT2D eigenvalue weighted by Crippen LogP contribution is 2.28. The summed E-state index contributed by atoms with van der Waals surface area (Å²) in [5, 5.41) is 49.4. The number of hydrogen-bond donors (Lipinski definition) is 20. The van der Waals surface area contributed by atoms with Crippen LogP contribution in [0.4, 0.5) is 0 Å². The van der Waals surface area contributed by atoms with Crippen LogP contribution in [0.3, 0.4) is 0 Å². The largest absolute Gasteiger partial charge is 0.508 e. The minimum atomic E-state index is -1.78. The van der Waals surface area contributed by atoms with Gasteiger partial charge in [0.1, 0.15) is 90.3 Å². The second-order valence-electron chi connectivity index (χ2n) is 32.7. The molecule has 42 nitrogen and oxygen atoms in total. The molecule has 0 spiro atoms. The molecule has 0 radical (unpaired) electrons. The highest BCUT2D eigenvalue weighted by molar-refractivity contribution is 8.00. The van der Waals surface area contributed by atoms with Gasteiger partial charge < -0.3 is 132 Å². The molecule has 0 bridgehead atoms. The third-order valence-corrected chi connectivity index (χ3v) is 24.3. The van der Waals surface area contributed by atoms with Crippen molar-refractivity contribution in [3.8, 4) is 5.75 Å². The predicted molar refractivity (Wildman–Crippen MR) is 476 cm³/mol. The van der Waals surface area contributed by atoms with E-state index < -0.39 is 236 Å². The molecule has 0 aliphatic carbocycles. The molecule has 5 aromatic rings. The number of aliphatic hydroxyl groups is 1. The summed E-state index contributed by atoms with van der Waals surface area (Å²) in [5.41, 5.74) is 38.3. The van der Waals surface area contributed by atoms with Gasteiger partial charge in [-0.3, -0.25) is 81.5 Å². The summed E-state index contributed by atoms with van der Waals surface area (Å²) < 4.78 is 0. The van der Waals surface area contributed by atoms with Crippen LogP contribution in [-0.2, 0) is 101 Å². The number of aliphatic hydroxyl groups excluding tert-OH is 1. The van der Waals surface area contributed by atoms with Crippen LogP contribution in [0, 0.1) is 0 Å². The van der Waals surface area contributed by atoms with E-state index in [9.17, 15) is 58.2 Å². The topological polar surface area (TPSA) is 655 Å². The van der Waals surface area contributed by atoms with E-state index in [1.54, 1.807) is 60.9 Å². The van der Waals surface area contributed by atoms with Gasteiger partial charge in [0.05, 0.1) is 18.3 Å². The molecule has 0 saturated carbocycles. The smallest absolute Gasteiger partial charge is 0.246 e. The number of primary amides is 2. The zero-order valence-corrected chi connectivity index (χ0v) is 74.4. The molecule has 0 unspecified atom stereocenters. The van der Waals surface area contributed by atoms with E-state index in [0.717, 1.165) is 26.5 Å². The number of hydrogen-bond acceptors (Lipinski definition) is 24. The first-order valence-electron chi connectivity index (χ1n) is 43.5. The van der Waals surface area contributed by atoms with Crippen LogP contribution >= 0.6 is 11.8 Å². The Labute approximate surface area is 750 Å². The molecule has 3 aliphatic heterocycles. The Kier molecular flexibility index (Phi) is 39.0. The molecule has 2 aromatic heterocycles. The summed E-state index contributed by atoms with van der Waals surface area (Å²) in [6.07, 6.45) is 0.285. The van der Waals surface area contributed by atoms with Gasteiger partial charge in [0.25, 0.3) is 0 Å². The molecule has 5 heterocycles. The first kappa shape index (κ1) is 102. The standard InChI is InChI=1S/C86H125N23O19S/c1-7-9-20-66-79(121)98-58(30-32-88)76(118)104-65(74(116)93-34-33-89)45-129-46-72(114)96-61(36-48-23-25-51(110)26-24-48)82(124)105(4)47(3)73(115)101-63(40-71(92)113)85(127)108-35-15-22-67(108)80(122)103-64(41-90)78(120)99-59(27-28-70(91)112)84(126)109-44-52(111)39-69(109)81(123)100-60(37-49-42-94-55-18-13-11-16-53(49)55)77(119)97-57(29-31-87)75(117)102-62(38-50-43-95-56-19-14-12-17-54(50)56)83(125)107(6)68(21-10-8-2)86(128)106(66)5/h11-14,16-19,23-26,42-43,47,52,57-69,94-95,110-111H,7-10,15,20-22,27-41,44-46,87-90H2,1-6H3,(H2,91,112)(H2,92,113)(H,93,116)(H,96,114)(H,97,119)(H,98,121)(H,99,120)(H,100,123)(H,101,115)(H,102,117)(H,103,122)(H,104,118)/t47-,52+,57-,58-,59-,60-,61-,62-,63-,64-,65-,66-,67-,68-,69-/m0/s1. The van der Waals surface area contributed by atoms with Crippen molar-refractivity contribution >= 4 is 134 Å². The van der Waals surface area contributed by atoms with Crippen LogP contribution in [0.25, 0.3) is 21.8 Å². The lowest BCUT2D eigenvalue weighted by Gasteiger charge is -2.36. The van der Waals surface area contributed by atoms with Crippen molar-refractivity contribution in [2.75, 3.05) is 78.5 Å². The second-order valence-corrected chi connectivity index (χ2v) is 33.7. The number of nitrogens with one attached hydrogen (secondary N) is 12. The van der Waals surface area contributed by atoms with E-state index in [1.165, 1.54) is 62.1 Å². The number of likely N-dealkylation sites (N-methyl/N-ethyl adjacent to an activating group) is 3. The average molecular weight is 1820 g/mol. The molecule has 704 valence electrons. The van der Waals surface area contributed by atoms with Crippen molar-refractivity contribution in [3.63, 3.8) is 0 Å². The third kappa shape index (κ3) is 28.1. The van der Waals surface area contributed by atoms with Crippen LogP contribution in [-0.4, -0.2) is 314 Å². The summed E-state index contributed by atoms with van der Waals surface area (Å²) >= 11 is 0.848. The van der Waals surface area contributed by atoms with E-state index in [-0.39, 0.29) is 102 Å². The van der Waals surface area contributed by atoms with Gasteiger partial charge in [-0.1, -0.05) is 88.1 Å². The quantitative estimate of drug-likeness (QED) is 0.0261. The number of carbonyl (C=O) groups excluding carboxylic acids is 17. The van der Waals surface area contributed by atoms with Gasteiger partial charge in [-0.2, -0.15) is 0 Å². The Balaban J connectivity index is 1.18. The van der Waals surface area contributed by atoms with Crippen molar-refractivity contribution in [2.24, 2.45) is 34.4 Å². The van der Waals surface area contributed by atoms with Crippen LogP contribution in [0.15, 0.2) is 85.2 Å². The lowest BCUT2D eigenvalue weighted by Crippen LogP contribution is -2.61. The molecule has 129 heavy (non-hydrogen) atoms. The van der Waals surface area contributed by atoms with Crippen molar-refractivity contribution in [1.82, 2.24) is 87.6 Å². The molecule has 15 atom stereocenters. The monoisotopic (exact) mass is 1820 g/mol. The van der Waals surface area contributed by atoms with E-state index in [4.69, 9.17) is 34.4 Å². The van der Waals surface area contributed by atoms with Gasteiger partial charge in [-0.05, 0) is 106 Å². The van der Waals surface area contributed by atoms with Crippen LogP contribution in [0.1, 0.15) is 127 Å². The molecule has 17 amide bonds. The molecule has 8 rings (SSSR count). The second kappa shape index (κ2) is 49.3. The van der Waals surface area contributed by atoms with E-state index in [2.05, 4.69) is 63.1 Å². The van der Waals surface area contributed by atoms with E-state index >= 15 is 33.6 Å². The molecule has 3 saturated heterocycles. The predicted octanol–water partition coefficient (Wildman–Crippen LogP) is -4.80. The van der Waals surface area contributed by atoms with Gasteiger partial charge in [0.15, 0.2) is 0 Å². The Morgan fingerprint density at radius 1 is 0.496 bits per heavy atom. The summed E-state index contributed by atoms with van der Waals surface area (Å²) in [5.74, 6) is -16.6. The van der Waals surface area contributed by atoms with Crippen molar-refractivity contribution in [2.45, 2.75) is 221 Å². The molecular formula is C86H125N23O19S. The summed E-state index contributed by atoms with van der Waals surface area (Å²) in [4.78, 5) is 260. The van der Waals surface area contributed by atoms with Gasteiger partial charge in [0, 0.05) is 126 Å². The zero-order chi connectivity index (χ0) is 94.5. The molecule has 43 heteroatoms. The minimum Gasteiger partial charge on any atom is -0.508 e. The number of amides is 17. The summed E-state index contributed by atoms with van der Waals surface area (Å²) in [7, 11) is 3.98. The number of benzene rings is 3. The summed E-state index contributed by atoms with van der Waals surface area (Å²) in [6.45, 7) is 3.15. The number of rotatable bonds is 25. The van der Waals surface area contributed by atoms with Crippen molar-refractivity contribution in [3.05, 3.63) is 102 Å². The van der Waals surface area contributed by atoms with Gasteiger partial charge in [0.2, 0.25) is 100 Å². The first-order chi connectivity index (χ1) is 61.6. The van der Waals surface area contributed by atoms with Crippen molar-refractivity contribution < 1.29 is 91.7 Å². The lowest BCUT2D eigenvalue weighted by molar-refractivity contribution is -0.149. The highest BCUT2D eigenvalue weighted by Gasteiger charge is 2.47. The van der Waals surface area contributed by atoms with E-state index in [1.807, 2.05) is 13.8 Å². The van der Waals surface area contributed by atoms with E-state index in [0.29, 0.717) is 64.2 Å². The number of aromatic amines is 2. The fraction of sp³-hybridized carbons (Fsp3) is 0.547. The summed E-state index contributed by atoms with van der Waals surface area (Å²) in [6, 6.07) is -1.65. The third-order valence-electron chi connectivity index (χ3n) is 23.3. The number of thioether (sulfide) groups is 1. The Morgan fingerprint density at radius 2 is 1.00 bits per heavy atom. The number of phenols is 1. The maximum atomic E-state index is 15.7. The minimum absolute atomic E-state index is 0.0260. The highest BCUT2D eigenvalue weighted by atomic mass is 32.2. The van der Waals surface area contributed by atoms with Crippen LogP contribution in [0.2, 0.25) is 0 Å². The SMILES string of the molecule is CCCC[C@H]1C(=O)N(C)[C@@H](CCCC)C(=O)N[C@@H](CCN)C(=O)N[C@H](C(=O)NCCN)CSCC(=O)N[C@@H](Cc2ccc(O)cc2)C(=O)N(C)[C@@H](C)C(=O)N[C@@H](CC(N)=O)C(=O)N2CCC[C@H]2C(=O)N[C@@H](CN)C(=O)N[C@@H](CCC(N)=O)C(=O)N2C[C@H](O)C[C@H]2C(=O)N[C@@H](Cc2c[nH]c3ccccc23)C(=O)N[C@@H](CCN)C(=O)N[C@@H](Cc2c[nH]c3ccccc23)C(=O)N1C. The number of nitrogens with two attached hydrogens (primary N) is 6. The maximum Gasteiger partial charge on any atom is 0.246 e. The normalized spacial score (nSPS) is 25.4. The van der Waals surface area contributed by atoms with Crippen LogP contribution in [0.5, 0.6) is 5.75 Å². The fourth-order valence-electron chi connectivity index (χ4n) is 15.9. The zero-order valence-electron chi connectivity index (χ0n) is 73.6. The number of para-hydroxylation sites is 2. The number of aromatic hydroxyl groups is 1. The number of H-pyrrole nitrogens is 2.